The lowest BCUT2D eigenvalue weighted by molar-refractivity contribution is -0.117. The van der Waals surface area contributed by atoms with Gasteiger partial charge in [0.2, 0.25) is 5.91 Å². The molecule has 0 bridgehead atoms. The van der Waals surface area contributed by atoms with Crippen LogP contribution in [0.4, 0.5) is 11.4 Å². The molecule has 0 radical (unpaired) electrons. The molecule has 4 rings (SSSR count). The minimum Gasteiger partial charge on any atom is -0.373 e. The molecule has 1 N–H and O–H groups in total. The number of benzene rings is 1. The number of halogens is 2. The SMILES string of the molecule is Cn1ncc2c(NC3CCN(c4ccc(Cl)cc4Cl)C3=O)ccnc21. The van der Waals surface area contributed by atoms with Crippen LogP contribution in [0.5, 0.6) is 0 Å². The van der Waals surface area contributed by atoms with Gasteiger partial charge >= 0.3 is 0 Å². The van der Waals surface area contributed by atoms with Crippen molar-refractivity contribution in [2.45, 2.75) is 12.5 Å². The summed E-state index contributed by atoms with van der Waals surface area (Å²) in [5, 5.41) is 9.45. The third-order valence-corrected chi connectivity index (χ3v) is 4.91. The maximum absolute atomic E-state index is 12.8. The molecule has 0 saturated carbocycles. The molecule has 128 valence electrons. The fraction of sp³-hybridized carbons (Fsp3) is 0.235. The van der Waals surface area contributed by atoms with Crippen molar-refractivity contribution in [3.8, 4) is 0 Å². The lowest BCUT2D eigenvalue weighted by Crippen LogP contribution is -2.33. The number of rotatable bonds is 3. The molecule has 25 heavy (non-hydrogen) atoms. The predicted molar refractivity (Wildman–Crippen MR) is 99.4 cm³/mol. The Balaban J connectivity index is 1.59. The van der Waals surface area contributed by atoms with Crippen molar-refractivity contribution in [1.29, 1.82) is 0 Å². The van der Waals surface area contributed by atoms with Crippen molar-refractivity contribution in [2.75, 3.05) is 16.8 Å². The molecule has 0 aliphatic carbocycles. The predicted octanol–water partition coefficient (Wildman–Crippen LogP) is 3.49. The lowest BCUT2D eigenvalue weighted by Gasteiger charge is -2.19. The summed E-state index contributed by atoms with van der Waals surface area (Å²) >= 11 is 12.2. The molecule has 6 nitrogen and oxygen atoms in total. The Morgan fingerprint density at radius 3 is 2.92 bits per heavy atom. The van der Waals surface area contributed by atoms with Crippen molar-refractivity contribution in [3.05, 3.63) is 46.7 Å². The van der Waals surface area contributed by atoms with Crippen LogP contribution in [0.3, 0.4) is 0 Å². The molecule has 1 fully saturated rings. The van der Waals surface area contributed by atoms with Gasteiger partial charge in [-0.05, 0) is 30.7 Å². The molecule has 3 aromatic rings. The van der Waals surface area contributed by atoms with Gasteiger partial charge in [-0.1, -0.05) is 23.2 Å². The van der Waals surface area contributed by atoms with Crippen LogP contribution in [0, 0.1) is 0 Å². The van der Waals surface area contributed by atoms with Gasteiger partial charge in [0.15, 0.2) is 5.65 Å². The topological polar surface area (TPSA) is 63.1 Å². The first-order valence-electron chi connectivity index (χ1n) is 7.84. The summed E-state index contributed by atoms with van der Waals surface area (Å²) in [6.07, 6.45) is 4.14. The molecular weight excluding hydrogens is 361 g/mol. The third kappa shape index (κ3) is 2.81. The highest BCUT2D eigenvalue weighted by Gasteiger charge is 2.33. The molecule has 1 unspecified atom stereocenters. The summed E-state index contributed by atoms with van der Waals surface area (Å²) in [7, 11) is 1.84. The first kappa shape index (κ1) is 16.2. The molecular formula is C17H15Cl2N5O. The van der Waals surface area contributed by atoms with Crippen molar-refractivity contribution < 1.29 is 4.79 Å². The molecule has 0 spiro atoms. The van der Waals surface area contributed by atoms with E-state index in [2.05, 4.69) is 15.4 Å². The van der Waals surface area contributed by atoms with Crippen LogP contribution in [0.25, 0.3) is 11.0 Å². The van der Waals surface area contributed by atoms with E-state index < -0.39 is 0 Å². The number of aromatic nitrogens is 3. The van der Waals surface area contributed by atoms with E-state index in [4.69, 9.17) is 23.2 Å². The highest BCUT2D eigenvalue weighted by molar-refractivity contribution is 6.36. The summed E-state index contributed by atoms with van der Waals surface area (Å²) < 4.78 is 1.71. The second-order valence-corrected chi connectivity index (χ2v) is 6.78. The normalized spacial score (nSPS) is 17.5. The fourth-order valence-corrected chi connectivity index (χ4v) is 3.62. The Hall–Kier alpha value is -2.31. The van der Waals surface area contributed by atoms with Gasteiger partial charge in [-0.25, -0.2) is 4.98 Å². The number of anilines is 2. The van der Waals surface area contributed by atoms with Crippen molar-refractivity contribution in [1.82, 2.24) is 14.8 Å². The number of nitrogens with zero attached hydrogens (tertiary/aromatic N) is 4. The van der Waals surface area contributed by atoms with Crippen LogP contribution < -0.4 is 10.2 Å². The Kier molecular flexibility index (Phi) is 4.01. The van der Waals surface area contributed by atoms with Gasteiger partial charge in [0.1, 0.15) is 6.04 Å². The van der Waals surface area contributed by atoms with Gasteiger partial charge in [0, 0.05) is 30.5 Å². The summed E-state index contributed by atoms with van der Waals surface area (Å²) in [4.78, 5) is 18.8. The number of carbonyl (C=O) groups is 1. The minimum absolute atomic E-state index is 0.0157. The number of hydrogen-bond acceptors (Lipinski definition) is 4. The fourth-order valence-electron chi connectivity index (χ4n) is 3.11. The zero-order valence-electron chi connectivity index (χ0n) is 13.4. The van der Waals surface area contributed by atoms with Crippen LogP contribution in [0.1, 0.15) is 6.42 Å². The Labute approximate surface area is 154 Å². The standard InChI is InChI=1S/C17H15Cl2N5O/c1-23-16-11(9-21-23)13(4-6-20-16)22-14-5-7-24(17(14)25)15-3-2-10(18)8-12(15)19/h2-4,6,8-9,14H,5,7H2,1H3,(H,20,22). The summed E-state index contributed by atoms with van der Waals surface area (Å²) in [5.41, 5.74) is 2.30. The van der Waals surface area contributed by atoms with Gasteiger partial charge in [-0.2, -0.15) is 5.10 Å². The number of nitrogens with one attached hydrogen (secondary N) is 1. The van der Waals surface area contributed by atoms with Gasteiger partial charge in [-0.3, -0.25) is 9.48 Å². The zero-order chi connectivity index (χ0) is 17.6. The average Bonchev–Trinajstić information content (AvgIpc) is 3.13. The third-order valence-electron chi connectivity index (χ3n) is 4.37. The molecule has 1 atom stereocenters. The largest absolute Gasteiger partial charge is 0.373 e. The maximum atomic E-state index is 12.8. The highest BCUT2D eigenvalue weighted by atomic mass is 35.5. The molecule has 1 aliphatic rings. The van der Waals surface area contributed by atoms with Gasteiger partial charge < -0.3 is 10.2 Å². The quantitative estimate of drug-likeness (QED) is 0.760. The Morgan fingerprint density at radius 2 is 2.12 bits per heavy atom. The van der Waals surface area contributed by atoms with Crippen molar-refractivity contribution in [2.24, 2.45) is 7.05 Å². The first-order valence-corrected chi connectivity index (χ1v) is 8.60. The maximum Gasteiger partial charge on any atom is 0.249 e. The van der Waals surface area contributed by atoms with Gasteiger partial charge in [0.05, 0.1) is 22.3 Å². The molecule has 1 aromatic carbocycles. The van der Waals surface area contributed by atoms with E-state index in [1.165, 1.54) is 0 Å². The molecule has 1 amide bonds. The van der Waals surface area contributed by atoms with E-state index in [0.717, 1.165) is 16.7 Å². The Morgan fingerprint density at radius 1 is 1.28 bits per heavy atom. The number of aryl methyl sites for hydroxylation is 1. The number of hydrogen-bond donors (Lipinski definition) is 1. The second kappa shape index (κ2) is 6.20. The van der Waals surface area contributed by atoms with Crippen LogP contribution in [-0.4, -0.2) is 33.3 Å². The molecule has 1 aliphatic heterocycles. The smallest absolute Gasteiger partial charge is 0.249 e. The van der Waals surface area contributed by atoms with E-state index >= 15 is 0 Å². The second-order valence-electron chi connectivity index (χ2n) is 5.94. The number of fused-ring (bicyclic) bond motifs is 1. The van der Waals surface area contributed by atoms with E-state index in [9.17, 15) is 4.79 Å². The molecule has 1 saturated heterocycles. The highest BCUT2D eigenvalue weighted by Crippen LogP contribution is 2.33. The average molecular weight is 376 g/mol. The first-order chi connectivity index (χ1) is 12.0. The monoisotopic (exact) mass is 375 g/mol. The summed E-state index contributed by atoms with van der Waals surface area (Å²) in [6, 6.07) is 6.69. The molecule has 3 heterocycles. The van der Waals surface area contributed by atoms with Crippen LogP contribution in [-0.2, 0) is 11.8 Å². The van der Waals surface area contributed by atoms with Gasteiger partial charge in [-0.15, -0.1) is 0 Å². The summed E-state index contributed by atoms with van der Waals surface area (Å²) in [6.45, 7) is 0.596. The van der Waals surface area contributed by atoms with Crippen LogP contribution >= 0.6 is 23.2 Å². The number of pyridine rings is 1. The Bertz CT molecular complexity index is 971. The van der Waals surface area contributed by atoms with E-state index in [1.54, 1.807) is 40.2 Å². The molecule has 2 aromatic heterocycles. The van der Waals surface area contributed by atoms with E-state index in [0.29, 0.717) is 28.7 Å². The minimum atomic E-state index is -0.322. The van der Waals surface area contributed by atoms with E-state index in [1.807, 2.05) is 13.1 Å². The lowest BCUT2D eigenvalue weighted by atomic mass is 10.2. The van der Waals surface area contributed by atoms with Crippen molar-refractivity contribution in [3.63, 3.8) is 0 Å². The zero-order valence-corrected chi connectivity index (χ0v) is 14.9. The summed E-state index contributed by atoms with van der Waals surface area (Å²) in [5.74, 6) is -0.0157. The van der Waals surface area contributed by atoms with Crippen molar-refractivity contribution >= 4 is 51.5 Å². The van der Waals surface area contributed by atoms with Crippen LogP contribution in [0.15, 0.2) is 36.7 Å². The molecule has 8 heteroatoms. The number of amides is 1. The van der Waals surface area contributed by atoms with Crippen LogP contribution in [0.2, 0.25) is 10.0 Å². The number of carbonyl (C=O) groups excluding carboxylic acids is 1. The van der Waals surface area contributed by atoms with E-state index in [-0.39, 0.29) is 11.9 Å². The van der Waals surface area contributed by atoms with Gasteiger partial charge in [0.25, 0.3) is 0 Å².